The van der Waals surface area contributed by atoms with Crippen molar-refractivity contribution in [3.05, 3.63) is 264 Å². The van der Waals surface area contributed by atoms with Crippen LogP contribution in [0.5, 0.6) is 0 Å². The number of aryl methyl sites for hydroxylation is 4. The number of carbonyl (C=O) groups is 3. The molecule has 6 aromatic heterocycles. The van der Waals surface area contributed by atoms with Crippen molar-refractivity contribution in [3.8, 4) is 34.2 Å². The number of esters is 3. The second-order valence-electron chi connectivity index (χ2n) is 27.3. The molecule has 0 amide bonds. The van der Waals surface area contributed by atoms with Gasteiger partial charge < -0.3 is 27.9 Å². The average Bonchev–Trinajstić information content (AvgIpc) is 1.63. The van der Waals surface area contributed by atoms with Gasteiger partial charge in [-0.15, -0.1) is 0 Å². The Hall–Kier alpha value is -12.1. The number of fused-ring (bicyclic) bond motifs is 6. The van der Waals surface area contributed by atoms with E-state index in [0.29, 0.717) is 22.6 Å². The van der Waals surface area contributed by atoms with Gasteiger partial charge in [0.05, 0.1) is 101 Å². The Bertz CT molecular complexity index is 5620. The summed E-state index contributed by atoms with van der Waals surface area (Å²) in [5, 5.41) is 17.8. The first-order valence-electron chi connectivity index (χ1n) is 36.3. The van der Waals surface area contributed by atoms with Gasteiger partial charge in [0.15, 0.2) is 0 Å². The number of rotatable bonds is 22. The predicted molar refractivity (Wildman–Crippen MR) is 416 cm³/mol. The van der Waals surface area contributed by atoms with Crippen molar-refractivity contribution >= 4 is 83.7 Å². The highest BCUT2D eigenvalue weighted by atomic mass is 16.5. The van der Waals surface area contributed by atoms with E-state index in [1.807, 2.05) is 76.1 Å². The zero-order valence-corrected chi connectivity index (χ0v) is 60.4. The van der Waals surface area contributed by atoms with Gasteiger partial charge in [-0.05, 0) is 147 Å². The van der Waals surface area contributed by atoms with Crippen LogP contribution in [0.4, 0.5) is 0 Å². The Morgan fingerprint density at radius 2 is 0.838 bits per heavy atom. The molecule has 15 aromatic rings. The van der Waals surface area contributed by atoms with Gasteiger partial charge in [-0.25, -0.2) is 29.3 Å². The number of methoxy groups -OCH3 is 3. The molecule has 6 heterocycles. The van der Waals surface area contributed by atoms with Gasteiger partial charge >= 0.3 is 17.9 Å². The SMILES string of the molecule is CCCCn1c(-c2ccc3cn(Cc4ccccc4)nc3c2)nc2cc(C(=O)OC)ccc21.COC(=O)c1ccc2c(c1)nc(-c1ccc3cn(CCCc4ccccc4)nc3c1)n2CCC1=CCCCC1.COC(=O)c1ccc2c(c1)nc(-c1ccc3cn(Cc4ccccc4)nc3c1)n2CC(C)C. The van der Waals surface area contributed by atoms with E-state index in [9.17, 15) is 14.4 Å². The van der Waals surface area contributed by atoms with Gasteiger partial charge in [-0.3, -0.25) is 14.0 Å². The normalized spacial score (nSPS) is 12.2. The van der Waals surface area contributed by atoms with Crippen LogP contribution in [0.1, 0.15) is 120 Å². The Balaban J connectivity index is 0.000000133. The molecule has 0 saturated heterocycles. The smallest absolute Gasteiger partial charge is 0.337 e. The molecule has 0 N–H and O–H groups in total. The number of nitrogens with zero attached hydrogens (tertiary/aromatic N) is 12. The summed E-state index contributed by atoms with van der Waals surface area (Å²) in [5.74, 6) is 2.05. The molecular weight excluding hydrogens is 1310 g/mol. The maximum absolute atomic E-state index is 12.2. The predicted octanol–water partition coefficient (Wildman–Crippen LogP) is 18.6. The second kappa shape index (κ2) is 32.1. The van der Waals surface area contributed by atoms with Crippen LogP contribution >= 0.6 is 0 Å². The van der Waals surface area contributed by atoms with E-state index in [1.54, 1.807) is 24.3 Å². The third-order valence-electron chi connectivity index (χ3n) is 19.3. The zero-order chi connectivity index (χ0) is 72.3. The van der Waals surface area contributed by atoms with Gasteiger partial charge in [-0.2, -0.15) is 15.3 Å². The van der Waals surface area contributed by atoms with Crippen LogP contribution in [0.15, 0.2) is 230 Å². The Morgan fingerprint density at radius 3 is 1.27 bits per heavy atom. The second-order valence-corrected chi connectivity index (χ2v) is 27.3. The highest BCUT2D eigenvalue weighted by Crippen LogP contribution is 2.34. The first-order chi connectivity index (χ1) is 51.3. The Kier molecular flexibility index (Phi) is 21.4. The molecule has 9 aromatic carbocycles. The fourth-order valence-corrected chi connectivity index (χ4v) is 14.0. The molecule has 0 bridgehead atoms. The molecule has 0 atom stereocenters. The number of unbranched alkanes of at least 4 members (excludes halogenated alkanes) is 1. The molecule has 0 fully saturated rings. The first-order valence-corrected chi connectivity index (χ1v) is 36.3. The van der Waals surface area contributed by atoms with Crippen molar-refractivity contribution in [2.24, 2.45) is 5.92 Å². The fraction of sp³-hybridized carbons (Fsp3) is 0.253. The third kappa shape index (κ3) is 16.1. The summed E-state index contributed by atoms with van der Waals surface area (Å²) < 4.78 is 27.5. The summed E-state index contributed by atoms with van der Waals surface area (Å²) in [6.45, 7) is 11.4. The largest absolute Gasteiger partial charge is 0.465 e. The van der Waals surface area contributed by atoms with Gasteiger partial charge in [0.1, 0.15) is 17.5 Å². The summed E-state index contributed by atoms with van der Waals surface area (Å²) >= 11 is 0. The highest BCUT2D eigenvalue weighted by Gasteiger charge is 2.22. The van der Waals surface area contributed by atoms with Crippen LogP contribution in [0, 0.1) is 5.92 Å². The number of ether oxygens (including phenoxy) is 3. The molecule has 1 aliphatic rings. The summed E-state index contributed by atoms with van der Waals surface area (Å²) in [4.78, 5) is 51.0. The molecule has 0 saturated carbocycles. The fourth-order valence-electron chi connectivity index (χ4n) is 14.0. The lowest BCUT2D eigenvalue weighted by molar-refractivity contribution is 0.0592. The Labute approximate surface area is 610 Å². The number of aromatic nitrogens is 12. The number of allylic oxidation sites excluding steroid dienone is 2. The molecule has 18 nitrogen and oxygen atoms in total. The summed E-state index contributed by atoms with van der Waals surface area (Å²) in [7, 11) is 4.19. The molecule has 0 unspecified atom stereocenters. The quantitative estimate of drug-likeness (QED) is 0.0356. The lowest BCUT2D eigenvalue weighted by atomic mass is 9.97. The molecule has 530 valence electrons. The molecule has 0 spiro atoms. The van der Waals surface area contributed by atoms with E-state index in [1.165, 1.54) is 69.3 Å². The van der Waals surface area contributed by atoms with E-state index >= 15 is 0 Å². The lowest BCUT2D eigenvalue weighted by Crippen LogP contribution is -2.06. The maximum Gasteiger partial charge on any atom is 0.337 e. The molecule has 0 radical (unpaired) electrons. The van der Waals surface area contributed by atoms with Crippen LogP contribution in [-0.2, 0) is 59.9 Å². The van der Waals surface area contributed by atoms with Crippen molar-refractivity contribution in [2.45, 2.75) is 118 Å². The monoisotopic (exact) mass is 1390 g/mol. The van der Waals surface area contributed by atoms with Crippen LogP contribution in [-0.4, -0.2) is 97.2 Å². The zero-order valence-electron chi connectivity index (χ0n) is 60.4. The molecule has 105 heavy (non-hydrogen) atoms. The first kappa shape index (κ1) is 70.0. The summed E-state index contributed by atoms with van der Waals surface area (Å²) in [6.07, 6.45) is 18.8. The highest BCUT2D eigenvalue weighted by molar-refractivity contribution is 5.97. The summed E-state index contributed by atoms with van der Waals surface area (Å²) in [5.41, 5.74) is 18.1. The third-order valence-corrected chi connectivity index (χ3v) is 19.3. The van der Waals surface area contributed by atoms with Crippen LogP contribution in [0.25, 0.3) is 100.0 Å². The number of hydrogen-bond acceptors (Lipinski definition) is 12. The number of hydrogen-bond donors (Lipinski definition) is 0. The Morgan fingerprint density at radius 1 is 0.419 bits per heavy atom. The van der Waals surface area contributed by atoms with Crippen LogP contribution < -0.4 is 0 Å². The molecule has 18 heteroatoms. The molecular formula is C87H86N12O6. The minimum atomic E-state index is -0.359. The van der Waals surface area contributed by atoms with E-state index in [4.69, 9.17) is 44.5 Å². The van der Waals surface area contributed by atoms with Crippen molar-refractivity contribution < 1.29 is 28.6 Å². The van der Waals surface area contributed by atoms with Crippen molar-refractivity contribution in [1.29, 1.82) is 0 Å². The standard InChI is InChI=1S/C33H34N4O2.2C27H26N4O2/c1-39-33(38)27-16-17-31-30(22-27)34-32(37(31)20-18-25-11-6-3-7-12-25)26-14-15-28-23-36(35-29(28)21-26)19-8-13-24-9-4-2-5-10-24;1-18(2)15-31-25-12-11-21(27(32)33-3)14-24(25)28-26(31)20-9-10-22-17-30(29-23(22)13-20)16-19-7-5-4-6-8-19;1-3-4-14-31-25-13-12-21(27(32)33-2)16-24(25)28-26(31)20-10-11-22-18-30(29-23(22)15-20)17-19-8-6-5-7-9-19/h2,4-5,9-11,14-17,21-23H,3,6-8,12-13,18-20H2,1H3;4-14,17-18H,15-16H2,1-3H3;5-13,15-16,18H,3-4,14,17H2,1-2H3. The van der Waals surface area contributed by atoms with E-state index < -0.39 is 0 Å². The van der Waals surface area contributed by atoms with Gasteiger partial charge in [0, 0.05) is 77.6 Å². The maximum atomic E-state index is 12.2. The average molecular weight is 1400 g/mol. The van der Waals surface area contributed by atoms with Gasteiger partial charge in [0.2, 0.25) is 0 Å². The van der Waals surface area contributed by atoms with Crippen molar-refractivity contribution in [3.63, 3.8) is 0 Å². The number of imidazole rings is 3. The van der Waals surface area contributed by atoms with Crippen molar-refractivity contribution in [2.75, 3.05) is 21.3 Å². The minimum Gasteiger partial charge on any atom is -0.465 e. The van der Waals surface area contributed by atoms with Crippen molar-refractivity contribution in [1.82, 2.24) is 58.0 Å². The molecule has 0 aliphatic heterocycles. The molecule has 1 aliphatic carbocycles. The minimum absolute atomic E-state index is 0.348. The van der Waals surface area contributed by atoms with E-state index in [0.717, 1.165) is 171 Å². The molecule has 16 rings (SSSR count). The van der Waals surface area contributed by atoms with E-state index in [-0.39, 0.29) is 17.9 Å². The van der Waals surface area contributed by atoms with Crippen LogP contribution in [0.3, 0.4) is 0 Å². The van der Waals surface area contributed by atoms with Gasteiger partial charge in [0.25, 0.3) is 0 Å². The number of carbonyl (C=O) groups excluding carboxylic acids is 3. The van der Waals surface area contributed by atoms with E-state index in [2.05, 4.69) is 173 Å². The topological polar surface area (TPSA) is 186 Å². The van der Waals surface area contributed by atoms with Crippen LogP contribution in [0.2, 0.25) is 0 Å². The lowest BCUT2D eigenvalue weighted by Gasteiger charge is -2.15. The van der Waals surface area contributed by atoms with Gasteiger partial charge in [-0.1, -0.05) is 166 Å². The summed E-state index contributed by atoms with van der Waals surface area (Å²) in [6, 6.07) is 67.0. The number of benzene rings is 9.